The van der Waals surface area contributed by atoms with Crippen LogP contribution in [0.5, 0.6) is 0 Å². The summed E-state index contributed by atoms with van der Waals surface area (Å²) in [5.74, 6) is -0.545. The van der Waals surface area contributed by atoms with Crippen LogP contribution in [0.1, 0.15) is 27.0 Å². The largest absolute Gasteiger partial charge is 0.457 e. The van der Waals surface area contributed by atoms with E-state index in [4.69, 9.17) is 9.15 Å². The van der Waals surface area contributed by atoms with Gasteiger partial charge in [-0.15, -0.1) is 5.10 Å². The number of hydrogen-bond donors (Lipinski definition) is 0. The lowest BCUT2D eigenvalue weighted by molar-refractivity contribution is 0.0473. The van der Waals surface area contributed by atoms with E-state index in [0.29, 0.717) is 22.4 Å². The van der Waals surface area contributed by atoms with E-state index in [1.165, 1.54) is 17.1 Å². The van der Waals surface area contributed by atoms with Gasteiger partial charge in [-0.3, -0.25) is 0 Å². The highest BCUT2D eigenvalue weighted by Crippen LogP contribution is 2.23. The summed E-state index contributed by atoms with van der Waals surface area (Å²) in [5, 5.41) is 11.7. The van der Waals surface area contributed by atoms with Gasteiger partial charge >= 0.3 is 11.6 Å². The predicted molar refractivity (Wildman–Crippen MR) is 100 cm³/mol. The molecule has 0 aliphatic heterocycles. The fraction of sp³-hybridized carbons (Fsp3) is 0.150. The van der Waals surface area contributed by atoms with Gasteiger partial charge < -0.3 is 9.15 Å². The van der Waals surface area contributed by atoms with E-state index in [-0.39, 0.29) is 6.61 Å². The molecule has 8 heteroatoms. The SMILES string of the molecule is Cc1cc2oc(=O)cc(COC(=O)c3ccccc3-n3cnnn3)c2cc1C. The van der Waals surface area contributed by atoms with E-state index in [2.05, 4.69) is 15.5 Å². The molecule has 0 saturated heterocycles. The number of hydrogen-bond acceptors (Lipinski definition) is 7. The van der Waals surface area contributed by atoms with Crippen molar-refractivity contribution in [2.45, 2.75) is 20.5 Å². The molecule has 0 spiro atoms. The quantitative estimate of drug-likeness (QED) is 0.399. The Labute approximate surface area is 159 Å². The summed E-state index contributed by atoms with van der Waals surface area (Å²) in [6.07, 6.45) is 1.40. The number of aryl methyl sites for hydroxylation is 2. The Balaban J connectivity index is 1.65. The summed E-state index contributed by atoms with van der Waals surface area (Å²) in [7, 11) is 0. The molecular formula is C20H16N4O4. The number of carbonyl (C=O) groups is 1. The van der Waals surface area contributed by atoms with E-state index in [0.717, 1.165) is 16.5 Å². The average Bonchev–Trinajstić information content (AvgIpc) is 3.22. The minimum absolute atomic E-state index is 0.0621. The van der Waals surface area contributed by atoms with Gasteiger partial charge in [-0.05, 0) is 59.7 Å². The maximum Gasteiger partial charge on any atom is 0.340 e. The Morgan fingerprint density at radius 2 is 1.93 bits per heavy atom. The summed E-state index contributed by atoms with van der Waals surface area (Å²) in [6, 6.07) is 11.9. The third-order valence-corrected chi connectivity index (χ3v) is 4.52. The molecule has 140 valence electrons. The first kappa shape index (κ1) is 17.6. The Kier molecular flexibility index (Phi) is 4.44. The number of tetrazole rings is 1. The molecule has 0 aliphatic rings. The minimum Gasteiger partial charge on any atom is -0.457 e. The highest BCUT2D eigenvalue weighted by atomic mass is 16.5. The highest BCUT2D eigenvalue weighted by molar-refractivity contribution is 5.93. The number of nitrogens with zero attached hydrogens (tertiary/aromatic N) is 4. The van der Waals surface area contributed by atoms with Crippen LogP contribution in [0.25, 0.3) is 16.7 Å². The summed E-state index contributed by atoms with van der Waals surface area (Å²) in [4.78, 5) is 24.6. The maximum absolute atomic E-state index is 12.7. The zero-order chi connectivity index (χ0) is 19.7. The van der Waals surface area contributed by atoms with E-state index in [1.54, 1.807) is 24.3 Å². The van der Waals surface area contributed by atoms with Crippen molar-refractivity contribution in [3.8, 4) is 5.69 Å². The van der Waals surface area contributed by atoms with E-state index in [9.17, 15) is 9.59 Å². The van der Waals surface area contributed by atoms with Gasteiger partial charge in [-0.25, -0.2) is 9.59 Å². The van der Waals surface area contributed by atoms with E-state index < -0.39 is 11.6 Å². The molecule has 2 heterocycles. The van der Waals surface area contributed by atoms with Gasteiger partial charge in [0.2, 0.25) is 0 Å². The molecule has 0 atom stereocenters. The number of esters is 1. The van der Waals surface area contributed by atoms with Gasteiger partial charge in [0.1, 0.15) is 18.5 Å². The Morgan fingerprint density at radius 1 is 1.14 bits per heavy atom. The second-order valence-electron chi connectivity index (χ2n) is 6.37. The number of benzene rings is 2. The molecule has 4 rings (SSSR count). The summed E-state index contributed by atoms with van der Waals surface area (Å²) in [5.41, 5.74) is 3.45. The molecule has 0 fully saturated rings. The number of fused-ring (bicyclic) bond motifs is 1. The minimum atomic E-state index is -0.545. The van der Waals surface area contributed by atoms with Crippen LogP contribution in [0.2, 0.25) is 0 Å². The standard InChI is InChI=1S/C20H16N4O4/c1-12-7-16-14(9-19(25)28-18(16)8-13(12)2)10-27-20(26)15-5-3-4-6-17(15)24-11-21-22-23-24/h3-9,11H,10H2,1-2H3. The van der Waals surface area contributed by atoms with Crippen LogP contribution in [0, 0.1) is 13.8 Å². The first-order valence-corrected chi connectivity index (χ1v) is 8.56. The van der Waals surface area contributed by atoms with Gasteiger partial charge in [-0.1, -0.05) is 12.1 Å². The first-order chi connectivity index (χ1) is 13.5. The van der Waals surface area contributed by atoms with Crippen molar-refractivity contribution in [1.82, 2.24) is 20.2 Å². The van der Waals surface area contributed by atoms with Crippen molar-refractivity contribution in [1.29, 1.82) is 0 Å². The van der Waals surface area contributed by atoms with Crippen LogP contribution >= 0.6 is 0 Å². The number of ether oxygens (including phenoxy) is 1. The van der Waals surface area contributed by atoms with Gasteiger partial charge in [0.25, 0.3) is 0 Å². The Morgan fingerprint density at radius 3 is 2.71 bits per heavy atom. The molecule has 0 radical (unpaired) electrons. The molecule has 0 bridgehead atoms. The molecule has 28 heavy (non-hydrogen) atoms. The first-order valence-electron chi connectivity index (χ1n) is 8.56. The maximum atomic E-state index is 12.7. The predicted octanol–water partition coefficient (Wildman–Crippen LogP) is 2.74. The lowest BCUT2D eigenvalue weighted by Crippen LogP contribution is -2.11. The number of para-hydroxylation sites is 1. The second kappa shape index (κ2) is 7.07. The smallest absolute Gasteiger partial charge is 0.340 e. The van der Waals surface area contributed by atoms with E-state index >= 15 is 0 Å². The lowest BCUT2D eigenvalue weighted by Gasteiger charge is -2.11. The molecule has 2 aromatic carbocycles. The lowest BCUT2D eigenvalue weighted by atomic mass is 10.0. The summed E-state index contributed by atoms with van der Waals surface area (Å²) in [6.45, 7) is 3.85. The molecule has 0 aliphatic carbocycles. The molecule has 0 amide bonds. The molecule has 0 N–H and O–H groups in total. The van der Waals surface area contributed by atoms with Crippen molar-refractivity contribution < 1.29 is 13.9 Å². The fourth-order valence-electron chi connectivity index (χ4n) is 2.94. The van der Waals surface area contributed by atoms with Gasteiger partial charge in [-0.2, -0.15) is 4.68 Å². The molecule has 8 nitrogen and oxygen atoms in total. The molecular weight excluding hydrogens is 360 g/mol. The Bertz CT molecular complexity index is 1230. The normalized spacial score (nSPS) is 10.9. The van der Waals surface area contributed by atoms with E-state index in [1.807, 2.05) is 26.0 Å². The highest BCUT2D eigenvalue weighted by Gasteiger charge is 2.16. The van der Waals surface area contributed by atoms with Crippen molar-refractivity contribution in [2.75, 3.05) is 0 Å². The number of carbonyl (C=O) groups excluding carboxylic acids is 1. The Hall–Kier alpha value is -3.81. The van der Waals surface area contributed by atoms with Crippen LogP contribution in [0.3, 0.4) is 0 Å². The van der Waals surface area contributed by atoms with Gasteiger partial charge in [0.05, 0.1) is 11.3 Å². The number of aromatic nitrogens is 4. The molecule has 0 unspecified atom stereocenters. The van der Waals surface area contributed by atoms with Gasteiger partial charge in [0.15, 0.2) is 0 Å². The molecule has 2 aromatic heterocycles. The molecule has 0 saturated carbocycles. The van der Waals surface area contributed by atoms with Crippen LogP contribution in [0.4, 0.5) is 0 Å². The fourth-order valence-corrected chi connectivity index (χ4v) is 2.94. The second-order valence-corrected chi connectivity index (χ2v) is 6.37. The molecule has 4 aromatic rings. The van der Waals surface area contributed by atoms with Crippen molar-refractivity contribution in [3.05, 3.63) is 81.5 Å². The summed E-state index contributed by atoms with van der Waals surface area (Å²) >= 11 is 0. The zero-order valence-corrected chi connectivity index (χ0v) is 15.2. The van der Waals surface area contributed by atoms with Crippen LogP contribution in [-0.2, 0) is 11.3 Å². The zero-order valence-electron chi connectivity index (χ0n) is 15.2. The number of rotatable bonds is 4. The van der Waals surface area contributed by atoms with Crippen molar-refractivity contribution in [2.24, 2.45) is 0 Å². The van der Waals surface area contributed by atoms with Gasteiger partial charge in [0, 0.05) is 17.0 Å². The van der Waals surface area contributed by atoms with Crippen LogP contribution in [0.15, 0.2) is 58.0 Å². The topological polar surface area (TPSA) is 100 Å². The summed E-state index contributed by atoms with van der Waals surface area (Å²) < 4.78 is 12.1. The van der Waals surface area contributed by atoms with Crippen molar-refractivity contribution in [3.63, 3.8) is 0 Å². The van der Waals surface area contributed by atoms with Crippen molar-refractivity contribution >= 4 is 16.9 Å². The van der Waals surface area contributed by atoms with Crippen LogP contribution < -0.4 is 5.63 Å². The third-order valence-electron chi connectivity index (χ3n) is 4.52. The third kappa shape index (κ3) is 3.27. The average molecular weight is 376 g/mol. The van der Waals surface area contributed by atoms with Crippen LogP contribution in [-0.4, -0.2) is 26.2 Å². The monoisotopic (exact) mass is 376 g/mol.